The molecule has 0 aromatic carbocycles. The van der Waals surface area contributed by atoms with Gasteiger partial charge < -0.3 is 15.0 Å². The van der Waals surface area contributed by atoms with E-state index in [4.69, 9.17) is 9.72 Å². The van der Waals surface area contributed by atoms with Crippen molar-refractivity contribution < 1.29 is 9.53 Å². The van der Waals surface area contributed by atoms with E-state index in [1.807, 2.05) is 6.07 Å². The molecule has 1 N–H and O–H groups in total. The molecule has 1 amide bonds. The van der Waals surface area contributed by atoms with Crippen molar-refractivity contribution in [2.45, 2.75) is 32.3 Å². The van der Waals surface area contributed by atoms with E-state index in [-0.39, 0.29) is 17.4 Å². The Hall–Kier alpha value is -2.61. The summed E-state index contributed by atoms with van der Waals surface area (Å²) in [7, 11) is 0. The Balaban J connectivity index is 1.60. The Labute approximate surface area is 153 Å². The molecule has 1 fully saturated rings. The molecule has 1 saturated heterocycles. The smallest absolute Gasteiger partial charge is 0.254 e. The fraction of sp³-hybridized carbons (Fsp3) is 0.500. The van der Waals surface area contributed by atoms with E-state index < -0.39 is 0 Å². The minimum Gasteiger partial charge on any atom is -0.373 e. The molecule has 0 radical (unpaired) electrons. The van der Waals surface area contributed by atoms with Crippen molar-refractivity contribution in [3.8, 4) is 0 Å². The molecular formula is C18H24N6O2. The number of rotatable bonds is 4. The maximum absolute atomic E-state index is 12.1. The second-order valence-electron chi connectivity index (χ2n) is 7.26. The highest BCUT2D eigenvalue weighted by Crippen LogP contribution is 2.21. The molecule has 8 heteroatoms. The number of nitrogens with zero attached hydrogens (tertiary/aromatic N) is 5. The van der Waals surface area contributed by atoms with Crippen molar-refractivity contribution in [2.24, 2.45) is 0 Å². The molecule has 3 heterocycles. The fourth-order valence-corrected chi connectivity index (χ4v) is 2.66. The van der Waals surface area contributed by atoms with Crippen molar-refractivity contribution in [1.29, 1.82) is 0 Å². The molecule has 3 rings (SSSR count). The lowest BCUT2D eigenvalue weighted by Crippen LogP contribution is -2.48. The van der Waals surface area contributed by atoms with Gasteiger partial charge in [-0.1, -0.05) is 20.8 Å². The second-order valence-corrected chi connectivity index (χ2v) is 7.26. The first-order chi connectivity index (χ1) is 12.4. The van der Waals surface area contributed by atoms with Crippen LogP contribution in [0.3, 0.4) is 0 Å². The van der Waals surface area contributed by atoms with Crippen molar-refractivity contribution in [3.05, 3.63) is 42.4 Å². The van der Waals surface area contributed by atoms with Gasteiger partial charge in [-0.05, 0) is 6.07 Å². The fourth-order valence-electron chi connectivity index (χ4n) is 2.66. The first-order valence-electron chi connectivity index (χ1n) is 8.67. The summed E-state index contributed by atoms with van der Waals surface area (Å²) in [6.45, 7) is 8.71. The Morgan fingerprint density at radius 3 is 2.85 bits per heavy atom. The highest BCUT2D eigenvalue weighted by Gasteiger charge is 2.24. The van der Waals surface area contributed by atoms with Crippen LogP contribution in [-0.4, -0.2) is 58.2 Å². The lowest BCUT2D eigenvalue weighted by atomic mass is 9.96. The number of aromatic nitrogens is 4. The number of hydrogen-bond acceptors (Lipinski definition) is 7. The van der Waals surface area contributed by atoms with Gasteiger partial charge in [-0.3, -0.25) is 4.79 Å². The van der Waals surface area contributed by atoms with Gasteiger partial charge in [0.15, 0.2) is 0 Å². The summed E-state index contributed by atoms with van der Waals surface area (Å²) >= 11 is 0. The van der Waals surface area contributed by atoms with Crippen LogP contribution in [0.4, 0.5) is 5.82 Å². The van der Waals surface area contributed by atoms with Crippen molar-refractivity contribution in [2.75, 3.05) is 31.1 Å². The molecule has 26 heavy (non-hydrogen) atoms. The first kappa shape index (κ1) is 18.2. The van der Waals surface area contributed by atoms with Gasteiger partial charge in [0.1, 0.15) is 18.0 Å². The number of hydrogen-bond donors (Lipinski definition) is 1. The van der Waals surface area contributed by atoms with Gasteiger partial charge in [-0.25, -0.2) is 19.9 Å². The lowest BCUT2D eigenvalue weighted by Gasteiger charge is -2.34. The number of anilines is 1. The van der Waals surface area contributed by atoms with Crippen LogP contribution in [0.2, 0.25) is 0 Å². The van der Waals surface area contributed by atoms with E-state index in [0.717, 1.165) is 18.2 Å². The van der Waals surface area contributed by atoms with E-state index >= 15 is 0 Å². The SMILES string of the molecule is CC(C)(C)c1nccc(N2CCOC(CNC(=O)c3cncnc3)C2)n1. The largest absolute Gasteiger partial charge is 0.373 e. The summed E-state index contributed by atoms with van der Waals surface area (Å²) in [5.74, 6) is 1.50. The molecule has 1 atom stereocenters. The Bertz CT molecular complexity index is 747. The maximum Gasteiger partial charge on any atom is 0.254 e. The average Bonchev–Trinajstić information content (AvgIpc) is 2.66. The van der Waals surface area contributed by atoms with Crippen LogP contribution < -0.4 is 10.2 Å². The van der Waals surface area contributed by atoms with Gasteiger partial charge in [0, 0.05) is 43.6 Å². The van der Waals surface area contributed by atoms with Crippen LogP contribution in [0.5, 0.6) is 0 Å². The normalized spacial score (nSPS) is 17.8. The monoisotopic (exact) mass is 356 g/mol. The van der Waals surface area contributed by atoms with Gasteiger partial charge in [0.05, 0.1) is 18.3 Å². The van der Waals surface area contributed by atoms with E-state index in [9.17, 15) is 4.79 Å². The summed E-state index contributed by atoms with van der Waals surface area (Å²) in [4.78, 5) is 31.1. The molecule has 138 valence electrons. The molecule has 2 aromatic heterocycles. The van der Waals surface area contributed by atoms with Crippen LogP contribution in [0, 0.1) is 0 Å². The molecule has 1 unspecified atom stereocenters. The second kappa shape index (κ2) is 7.74. The molecule has 0 saturated carbocycles. The number of ether oxygens (including phenoxy) is 1. The molecule has 0 spiro atoms. The predicted octanol–water partition coefficient (Wildman–Crippen LogP) is 1.20. The number of nitrogens with one attached hydrogen (secondary N) is 1. The molecular weight excluding hydrogens is 332 g/mol. The highest BCUT2D eigenvalue weighted by atomic mass is 16.5. The third kappa shape index (κ3) is 4.51. The van der Waals surface area contributed by atoms with E-state index in [2.05, 4.69) is 45.9 Å². The average molecular weight is 356 g/mol. The summed E-state index contributed by atoms with van der Waals surface area (Å²) in [5, 5.41) is 2.87. The van der Waals surface area contributed by atoms with E-state index in [1.165, 1.54) is 18.7 Å². The first-order valence-corrected chi connectivity index (χ1v) is 8.67. The van der Waals surface area contributed by atoms with Gasteiger partial charge in [0.2, 0.25) is 0 Å². The van der Waals surface area contributed by atoms with E-state index in [1.54, 1.807) is 6.20 Å². The van der Waals surface area contributed by atoms with Gasteiger partial charge in [0.25, 0.3) is 5.91 Å². The Morgan fingerprint density at radius 2 is 2.12 bits per heavy atom. The molecule has 1 aliphatic rings. The molecule has 2 aromatic rings. The van der Waals surface area contributed by atoms with Gasteiger partial charge in [-0.2, -0.15) is 0 Å². The molecule has 8 nitrogen and oxygen atoms in total. The van der Waals surface area contributed by atoms with Crippen molar-refractivity contribution >= 4 is 11.7 Å². The van der Waals surface area contributed by atoms with Gasteiger partial charge >= 0.3 is 0 Å². The Morgan fingerprint density at radius 1 is 1.35 bits per heavy atom. The zero-order valence-corrected chi connectivity index (χ0v) is 15.3. The Kier molecular flexibility index (Phi) is 5.41. The van der Waals surface area contributed by atoms with Crippen molar-refractivity contribution in [3.63, 3.8) is 0 Å². The number of morpholine rings is 1. The number of amides is 1. The molecule has 1 aliphatic heterocycles. The maximum atomic E-state index is 12.1. The van der Waals surface area contributed by atoms with Crippen LogP contribution in [0.15, 0.2) is 31.0 Å². The topological polar surface area (TPSA) is 93.1 Å². The summed E-state index contributed by atoms with van der Waals surface area (Å²) < 4.78 is 5.78. The van der Waals surface area contributed by atoms with Gasteiger partial charge in [-0.15, -0.1) is 0 Å². The minimum absolute atomic E-state index is 0.104. The van der Waals surface area contributed by atoms with Crippen molar-refractivity contribution in [1.82, 2.24) is 25.3 Å². The minimum atomic E-state index is -0.205. The quantitative estimate of drug-likeness (QED) is 0.880. The summed E-state index contributed by atoms with van der Waals surface area (Å²) in [5.41, 5.74) is 0.332. The molecule has 0 aliphatic carbocycles. The standard InChI is InChI=1S/C18H24N6O2/c1-18(2,3)17-21-5-4-15(23-17)24-6-7-26-14(11-24)10-22-16(25)13-8-19-12-20-9-13/h4-5,8-9,12,14H,6-7,10-11H2,1-3H3,(H,22,25). The summed E-state index contributed by atoms with van der Waals surface area (Å²) in [6.07, 6.45) is 6.07. The van der Waals surface area contributed by atoms with Crippen LogP contribution in [0.1, 0.15) is 37.0 Å². The molecule has 0 bridgehead atoms. The van der Waals surface area contributed by atoms with E-state index in [0.29, 0.717) is 25.3 Å². The zero-order valence-electron chi connectivity index (χ0n) is 15.3. The van der Waals surface area contributed by atoms with Crippen LogP contribution in [0.25, 0.3) is 0 Å². The third-order valence-corrected chi connectivity index (χ3v) is 4.09. The zero-order chi connectivity index (χ0) is 18.6. The highest BCUT2D eigenvalue weighted by molar-refractivity contribution is 5.93. The lowest BCUT2D eigenvalue weighted by molar-refractivity contribution is 0.0394. The van der Waals surface area contributed by atoms with Crippen LogP contribution >= 0.6 is 0 Å². The van der Waals surface area contributed by atoms with Crippen LogP contribution in [-0.2, 0) is 10.2 Å². The number of carbonyl (C=O) groups is 1. The summed E-state index contributed by atoms with van der Waals surface area (Å²) in [6, 6.07) is 1.91. The number of carbonyl (C=O) groups excluding carboxylic acids is 1. The third-order valence-electron chi connectivity index (χ3n) is 4.09. The predicted molar refractivity (Wildman–Crippen MR) is 97.1 cm³/mol.